The lowest BCUT2D eigenvalue weighted by Crippen LogP contribution is -2.55. The lowest BCUT2D eigenvalue weighted by molar-refractivity contribution is -0.142. The second-order valence-electron chi connectivity index (χ2n) is 5.10. The number of nitrogens with zero attached hydrogens (tertiary/aromatic N) is 1. The number of nitrogens with two attached hydrogens (primary N) is 1. The summed E-state index contributed by atoms with van der Waals surface area (Å²) >= 11 is 4.22. The molecule has 1 aromatic rings. The van der Waals surface area contributed by atoms with Crippen LogP contribution in [0.15, 0.2) is 24.5 Å². The average molecular weight is 297 g/mol. The van der Waals surface area contributed by atoms with Gasteiger partial charge in [-0.05, 0) is 25.5 Å². The fraction of sp³-hybridized carbons (Fsp3) is 0.462. The van der Waals surface area contributed by atoms with Crippen LogP contribution in [0.1, 0.15) is 19.4 Å². The molecule has 0 saturated carbocycles. The molecule has 0 unspecified atom stereocenters. The Morgan fingerprint density at radius 2 is 2.20 bits per heavy atom. The van der Waals surface area contributed by atoms with Gasteiger partial charge >= 0.3 is 5.97 Å². The Morgan fingerprint density at radius 1 is 1.55 bits per heavy atom. The molecule has 6 nitrogen and oxygen atoms in total. The molecule has 0 aliphatic rings. The van der Waals surface area contributed by atoms with Crippen molar-refractivity contribution < 1.29 is 14.7 Å². The van der Waals surface area contributed by atoms with Gasteiger partial charge in [0, 0.05) is 23.6 Å². The van der Waals surface area contributed by atoms with E-state index in [2.05, 4.69) is 22.9 Å². The van der Waals surface area contributed by atoms with Crippen molar-refractivity contribution in [3.05, 3.63) is 30.1 Å². The molecule has 2 atom stereocenters. The van der Waals surface area contributed by atoms with E-state index in [1.807, 2.05) is 0 Å². The molecule has 0 fully saturated rings. The summed E-state index contributed by atoms with van der Waals surface area (Å²) < 4.78 is -0.735. The van der Waals surface area contributed by atoms with E-state index in [0.717, 1.165) is 5.56 Å². The van der Waals surface area contributed by atoms with E-state index in [0.29, 0.717) is 0 Å². The summed E-state index contributed by atoms with van der Waals surface area (Å²) in [5.74, 6) is -1.66. The molecule has 1 amide bonds. The van der Waals surface area contributed by atoms with Gasteiger partial charge < -0.3 is 16.2 Å². The molecule has 20 heavy (non-hydrogen) atoms. The summed E-state index contributed by atoms with van der Waals surface area (Å²) in [7, 11) is 0. The molecule has 4 N–H and O–H groups in total. The lowest BCUT2D eigenvalue weighted by atomic mass is 10.0. The second kappa shape index (κ2) is 6.71. The van der Waals surface area contributed by atoms with E-state index in [4.69, 9.17) is 5.73 Å². The number of aliphatic carboxylic acids is 1. The number of carboxylic acid groups (broad SMARTS) is 1. The third kappa shape index (κ3) is 4.82. The molecule has 0 aromatic carbocycles. The van der Waals surface area contributed by atoms with Gasteiger partial charge in [0.05, 0.1) is 6.04 Å². The molecule has 0 aliphatic carbocycles. The molecular weight excluding hydrogens is 278 g/mol. The summed E-state index contributed by atoms with van der Waals surface area (Å²) in [5.41, 5.74) is 6.46. The van der Waals surface area contributed by atoms with Crippen LogP contribution < -0.4 is 11.1 Å². The number of nitrogens with one attached hydrogen (secondary N) is 1. The van der Waals surface area contributed by atoms with E-state index in [9.17, 15) is 14.7 Å². The van der Waals surface area contributed by atoms with Gasteiger partial charge in [-0.15, -0.1) is 0 Å². The van der Waals surface area contributed by atoms with E-state index in [1.54, 1.807) is 38.4 Å². The van der Waals surface area contributed by atoms with Gasteiger partial charge in [-0.25, -0.2) is 4.79 Å². The van der Waals surface area contributed by atoms with Gasteiger partial charge in [0.25, 0.3) is 0 Å². The zero-order chi connectivity index (χ0) is 15.3. The highest BCUT2D eigenvalue weighted by Crippen LogP contribution is 2.16. The number of thiol groups is 1. The molecule has 0 aliphatic heterocycles. The van der Waals surface area contributed by atoms with Crippen LogP contribution in [-0.4, -0.2) is 38.8 Å². The van der Waals surface area contributed by atoms with Crippen molar-refractivity contribution in [3.8, 4) is 0 Å². The Kier molecular flexibility index (Phi) is 5.52. The molecule has 110 valence electrons. The number of hydrogen-bond donors (Lipinski definition) is 4. The topological polar surface area (TPSA) is 105 Å². The van der Waals surface area contributed by atoms with Crippen molar-refractivity contribution in [3.63, 3.8) is 0 Å². The monoisotopic (exact) mass is 297 g/mol. The van der Waals surface area contributed by atoms with Crippen molar-refractivity contribution in [2.24, 2.45) is 5.73 Å². The molecular formula is C13H19N3O3S. The molecule has 1 heterocycles. The summed E-state index contributed by atoms with van der Waals surface area (Å²) in [4.78, 5) is 27.1. The number of aromatic nitrogens is 1. The van der Waals surface area contributed by atoms with Crippen LogP contribution in [0.3, 0.4) is 0 Å². The van der Waals surface area contributed by atoms with E-state index in [-0.39, 0.29) is 6.42 Å². The van der Waals surface area contributed by atoms with Gasteiger partial charge in [0.1, 0.15) is 6.04 Å². The number of carboxylic acids is 1. The summed E-state index contributed by atoms with van der Waals surface area (Å²) in [6.45, 7) is 3.38. The van der Waals surface area contributed by atoms with E-state index < -0.39 is 28.7 Å². The van der Waals surface area contributed by atoms with Gasteiger partial charge in [0.15, 0.2) is 0 Å². The molecule has 7 heteroatoms. The minimum absolute atomic E-state index is 0.147. The molecule has 0 saturated heterocycles. The van der Waals surface area contributed by atoms with Crippen molar-refractivity contribution in [1.82, 2.24) is 10.3 Å². The zero-order valence-electron chi connectivity index (χ0n) is 11.4. The van der Waals surface area contributed by atoms with Crippen molar-refractivity contribution in [1.29, 1.82) is 0 Å². The first-order valence-electron chi connectivity index (χ1n) is 6.12. The minimum Gasteiger partial charge on any atom is -0.480 e. The maximum atomic E-state index is 11.9. The standard InChI is InChI=1S/C13H19N3O3S/c1-13(2,20)10(14)11(17)16-9(12(18)19)6-8-4-3-5-15-7-8/h3-5,7,9-10,20H,6,14H2,1-2H3,(H,16,17)(H,18,19)/t9-,10+/m0/s1. The Balaban J connectivity index is 2.74. The Hall–Kier alpha value is -1.60. The minimum atomic E-state index is -1.12. The number of pyridine rings is 1. The first kappa shape index (κ1) is 16.5. The number of carbonyl (C=O) groups is 2. The molecule has 0 bridgehead atoms. The Bertz CT molecular complexity index is 473. The lowest BCUT2D eigenvalue weighted by Gasteiger charge is -2.26. The van der Waals surface area contributed by atoms with Crippen molar-refractivity contribution >= 4 is 24.5 Å². The van der Waals surface area contributed by atoms with Crippen molar-refractivity contribution in [2.45, 2.75) is 37.1 Å². The second-order valence-corrected chi connectivity index (χ2v) is 6.25. The highest BCUT2D eigenvalue weighted by molar-refractivity contribution is 7.81. The fourth-order valence-electron chi connectivity index (χ4n) is 1.54. The van der Waals surface area contributed by atoms with Crippen molar-refractivity contribution in [2.75, 3.05) is 0 Å². The zero-order valence-corrected chi connectivity index (χ0v) is 12.3. The van der Waals surface area contributed by atoms with Crippen LogP contribution in [0.25, 0.3) is 0 Å². The smallest absolute Gasteiger partial charge is 0.326 e. The summed E-state index contributed by atoms with van der Waals surface area (Å²) in [6.07, 6.45) is 3.30. The first-order valence-corrected chi connectivity index (χ1v) is 6.56. The molecule has 0 spiro atoms. The van der Waals surface area contributed by atoms with E-state index >= 15 is 0 Å². The SMILES string of the molecule is CC(C)(S)[C@H](N)C(=O)N[C@@H](Cc1cccnc1)C(=O)O. The maximum Gasteiger partial charge on any atom is 0.326 e. The molecule has 1 aromatic heterocycles. The average Bonchev–Trinajstić information content (AvgIpc) is 2.37. The quantitative estimate of drug-likeness (QED) is 0.563. The summed E-state index contributed by atoms with van der Waals surface area (Å²) in [5, 5.41) is 11.6. The van der Waals surface area contributed by atoms with Gasteiger partial charge in [-0.1, -0.05) is 6.07 Å². The third-order valence-corrected chi connectivity index (χ3v) is 3.10. The number of amides is 1. The van der Waals surface area contributed by atoms with Gasteiger partial charge in [-0.2, -0.15) is 12.6 Å². The van der Waals surface area contributed by atoms with Crippen LogP contribution >= 0.6 is 12.6 Å². The highest BCUT2D eigenvalue weighted by Gasteiger charge is 2.31. The van der Waals surface area contributed by atoms with Gasteiger partial charge in [-0.3, -0.25) is 9.78 Å². The van der Waals surface area contributed by atoms with E-state index in [1.165, 1.54) is 0 Å². The number of carbonyl (C=O) groups excluding carboxylic acids is 1. The predicted octanol–water partition coefficient (Wildman–Crippen LogP) is 0.229. The first-order chi connectivity index (χ1) is 9.21. The third-order valence-electron chi connectivity index (χ3n) is 2.82. The maximum absolute atomic E-state index is 11.9. The van der Waals surface area contributed by atoms with Crippen LogP contribution in [0.5, 0.6) is 0 Å². The Labute approximate surface area is 123 Å². The molecule has 1 rings (SSSR count). The van der Waals surface area contributed by atoms with Crippen LogP contribution in [0, 0.1) is 0 Å². The Morgan fingerprint density at radius 3 is 2.65 bits per heavy atom. The molecule has 0 radical (unpaired) electrons. The largest absolute Gasteiger partial charge is 0.480 e. The number of rotatable bonds is 6. The normalized spacial score (nSPS) is 14.4. The highest BCUT2D eigenvalue weighted by atomic mass is 32.1. The van der Waals surface area contributed by atoms with Crippen LogP contribution in [0.2, 0.25) is 0 Å². The van der Waals surface area contributed by atoms with Crippen LogP contribution in [0.4, 0.5) is 0 Å². The number of hydrogen-bond acceptors (Lipinski definition) is 5. The summed E-state index contributed by atoms with van der Waals surface area (Å²) in [6, 6.07) is 1.51. The fourth-order valence-corrected chi connectivity index (χ4v) is 1.65. The predicted molar refractivity (Wildman–Crippen MR) is 78.5 cm³/mol. The van der Waals surface area contributed by atoms with Gasteiger partial charge in [0.2, 0.25) is 5.91 Å². The van der Waals surface area contributed by atoms with Crippen LogP contribution in [-0.2, 0) is 16.0 Å².